The molecule has 2 aliphatic rings. The van der Waals surface area contributed by atoms with E-state index in [4.69, 9.17) is 5.73 Å². The molecule has 0 bridgehead atoms. The van der Waals surface area contributed by atoms with Crippen LogP contribution in [0.2, 0.25) is 0 Å². The fraction of sp³-hybridized carbons (Fsp3) is 0.320. The summed E-state index contributed by atoms with van der Waals surface area (Å²) < 4.78 is 58.4. The van der Waals surface area contributed by atoms with Gasteiger partial charge >= 0.3 is 0 Å². The SMILES string of the molecule is Cc1nc(N)cnc1-c1ccc([C@H]2CC[C@H](F)c3cc(F)cc(C#N)c32)c2c1[C@H](O)C(F)(F)C2. The molecular weight excluding hydrogens is 448 g/mol. The van der Waals surface area contributed by atoms with Gasteiger partial charge in [0.2, 0.25) is 0 Å². The normalized spacial score (nSPS) is 22.7. The van der Waals surface area contributed by atoms with Crippen LogP contribution < -0.4 is 5.73 Å². The van der Waals surface area contributed by atoms with Crippen LogP contribution in [0.15, 0.2) is 30.5 Å². The Morgan fingerprint density at radius 3 is 2.65 bits per heavy atom. The number of anilines is 1. The summed E-state index contributed by atoms with van der Waals surface area (Å²) in [5, 5.41) is 20.2. The van der Waals surface area contributed by atoms with E-state index < -0.39 is 36.4 Å². The first-order valence-electron chi connectivity index (χ1n) is 10.8. The van der Waals surface area contributed by atoms with Gasteiger partial charge in [0, 0.05) is 17.9 Å². The fourth-order valence-electron chi connectivity index (χ4n) is 5.34. The first-order valence-corrected chi connectivity index (χ1v) is 10.8. The van der Waals surface area contributed by atoms with Crippen molar-refractivity contribution in [1.29, 1.82) is 5.26 Å². The van der Waals surface area contributed by atoms with E-state index in [9.17, 15) is 27.9 Å². The van der Waals surface area contributed by atoms with Crippen molar-refractivity contribution in [2.45, 2.75) is 50.3 Å². The molecule has 0 fully saturated rings. The summed E-state index contributed by atoms with van der Waals surface area (Å²) in [5.74, 6) is -4.57. The van der Waals surface area contributed by atoms with Gasteiger partial charge in [-0.15, -0.1) is 0 Å². The summed E-state index contributed by atoms with van der Waals surface area (Å²) in [6.45, 7) is 1.64. The van der Waals surface area contributed by atoms with Crippen LogP contribution in [0.5, 0.6) is 0 Å². The van der Waals surface area contributed by atoms with Gasteiger partial charge in [-0.05, 0) is 59.7 Å². The highest BCUT2D eigenvalue weighted by Gasteiger charge is 2.50. The Labute approximate surface area is 192 Å². The number of halogens is 4. The van der Waals surface area contributed by atoms with Gasteiger partial charge in [0.25, 0.3) is 5.92 Å². The molecule has 2 aromatic carbocycles. The number of rotatable bonds is 2. The van der Waals surface area contributed by atoms with Crippen LogP contribution in [0.4, 0.5) is 23.4 Å². The van der Waals surface area contributed by atoms with Gasteiger partial charge in [0.15, 0.2) is 0 Å². The summed E-state index contributed by atoms with van der Waals surface area (Å²) in [6, 6.07) is 7.27. The second kappa shape index (κ2) is 7.77. The topological polar surface area (TPSA) is 95.8 Å². The minimum absolute atomic E-state index is 0.0225. The fourth-order valence-corrected chi connectivity index (χ4v) is 5.34. The van der Waals surface area contributed by atoms with E-state index >= 15 is 0 Å². The number of aromatic nitrogens is 2. The number of aliphatic hydroxyl groups is 1. The highest BCUT2D eigenvalue weighted by molar-refractivity contribution is 5.72. The molecule has 0 aliphatic heterocycles. The third kappa shape index (κ3) is 3.32. The lowest BCUT2D eigenvalue weighted by molar-refractivity contribution is -0.0966. The molecule has 5 nitrogen and oxygen atoms in total. The molecule has 0 radical (unpaired) electrons. The van der Waals surface area contributed by atoms with Crippen molar-refractivity contribution in [2.24, 2.45) is 0 Å². The summed E-state index contributed by atoms with van der Waals surface area (Å²) in [7, 11) is 0. The summed E-state index contributed by atoms with van der Waals surface area (Å²) in [6.07, 6.45) is -2.62. The number of aryl methyl sites for hydroxylation is 1. The molecule has 34 heavy (non-hydrogen) atoms. The van der Waals surface area contributed by atoms with Gasteiger partial charge in [-0.1, -0.05) is 12.1 Å². The van der Waals surface area contributed by atoms with E-state index in [1.165, 1.54) is 6.20 Å². The first-order chi connectivity index (χ1) is 16.1. The highest BCUT2D eigenvalue weighted by atomic mass is 19.3. The van der Waals surface area contributed by atoms with Crippen LogP contribution in [0.1, 0.15) is 70.1 Å². The van der Waals surface area contributed by atoms with Crippen molar-refractivity contribution in [2.75, 3.05) is 5.73 Å². The summed E-state index contributed by atoms with van der Waals surface area (Å²) in [5.41, 5.74) is 7.82. The average Bonchev–Trinajstić information content (AvgIpc) is 3.03. The third-order valence-corrected chi connectivity index (χ3v) is 6.77. The minimum Gasteiger partial charge on any atom is -0.382 e. The predicted octanol–water partition coefficient (Wildman–Crippen LogP) is 5.21. The lowest BCUT2D eigenvalue weighted by Crippen LogP contribution is -2.22. The van der Waals surface area contributed by atoms with Gasteiger partial charge in [-0.25, -0.2) is 22.5 Å². The number of nitriles is 1. The molecule has 9 heteroatoms. The zero-order valence-corrected chi connectivity index (χ0v) is 18.1. The maximum atomic E-state index is 14.8. The largest absolute Gasteiger partial charge is 0.382 e. The highest BCUT2D eigenvalue weighted by Crippen LogP contribution is 2.53. The monoisotopic (exact) mass is 468 g/mol. The summed E-state index contributed by atoms with van der Waals surface area (Å²) >= 11 is 0. The van der Waals surface area contributed by atoms with E-state index in [-0.39, 0.29) is 40.9 Å². The number of alkyl halides is 3. The summed E-state index contributed by atoms with van der Waals surface area (Å²) in [4.78, 5) is 8.41. The number of nitrogen functional groups attached to an aromatic ring is 1. The zero-order chi connectivity index (χ0) is 24.4. The van der Waals surface area contributed by atoms with Gasteiger partial charge in [-0.2, -0.15) is 5.26 Å². The molecule has 3 aromatic rings. The quantitative estimate of drug-likeness (QED) is 0.504. The van der Waals surface area contributed by atoms with Crippen LogP contribution in [-0.2, 0) is 6.42 Å². The minimum atomic E-state index is -3.43. The number of benzene rings is 2. The van der Waals surface area contributed by atoms with Crippen molar-refractivity contribution < 1.29 is 22.7 Å². The van der Waals surface area contributed by atoms with Crippen molar-refractivity contribution in [3.8, 4) is 17.3 Å². The number of hydrogen-bond acceptors (Lipinski definition) is 5. The Morgan fingerprint density at radius 1 is 1.18 bits per heavy atom. The van der Waals surface area contributed by atoms with Gasteiger partial charge in [0.05, 0.1) is 29.2 Å². The molecule has 1 heterocycles. The van der Waals surface area contributed by atoms with Crippen LogP contribution in [0.3, 0.4) is 0 Å². The molecule has 5 rings (SSSR count). The molecule has 1 aromatic heterocycles. The van der Waals surface area contributed by atoms with Gasteiger partial charge < -0.3 is 10.8 Å². The number of hydrogen-bond donors (Lipinski definition) is 2. The molecule has 0 spiro atoms. The van der Waals surface area contributed by atoms with Crippen molar-refractivity contribution in [1.82, 2.24) is 9.97 Å². The molecular formula is C25H20F4N4O. The lowest BCUT2D eigenvalue weighted by Gasteiger charge is -2.31. The Hall–Kier alpha value is -3.51. The predicted molar refractivity (Wildman–Crippen MR) is 116 cm³/mol. The Kier molecular flexibility index (Phi) is 5.10. The van der Waals surface area contributed by atoms with E-state index in [1.54, 1.807) is 19.1 Å². The van der Waals surface area contributed by atoms with Crippen molar-refractivity contribution in [3.05, 3.63) is 75.4 Å². The Bertz CT molecular complexity index is 1370. The molecule has 0 saturated carbocycles. The number of fused-ring (bicyclic) bond motifs is 2. The molecule has 3 N–H and O–H groups in total. The zero-order valence-electron chi connectivity index (χ0n) is 18.1. The van der Waals surface area contributed by atoms with Crippen LogP contribution in [0, 0.1) is 24.1 Å². The number of nitrogens with zero attached hydrogens (tertiary/aromatic N) is 3. The second-order valence-electron chi connectivity index (χ2n) is 8.83. The van der Waals surface area contributed by atoms with Crippen LogP contribution >= 0.6 is 0 Å². The second-order valence-corrected chi connectivity index (χ2v) is 8.83. The third-order valence-electron chi connectivity index (χ3n) is 6.77. The van der Waals surface area contributed by atoms with E-state index in [1.807, 2.05) is 6.07 Å². The molecule has 3 atom stereocenters. The molecule has 0 amide bonds. The lowest BCUT2D eigenvalue weighted by atomic mass is 9.74. The van der Waals surface area contributed by atoms with Crippen molar-refractivity contribution >= 4 is 5.82 Å². The van der Waals surface area contributed by atoms with Crippen LogP contribution in [-0.4, -0.2) is 21.0 Å². The van der Waals surface area contributed by atoms with Crippen LogP contribution in [0.25, 0.3) is 11.3 Å². The maximum absolute atomic E-state index is 14.8. The average molecular weight is 468 g/mol. The van der Waals surface area contributed by atoms with E-state index in [2.05, 4.69) is 9.97 Å². The van der Waals surface area contributed by atoms with E-state index in [0.29, 0.717) is 28.1 Å². The maximum Gasteiger partial charge on any atom is 0.281 e. The first kappa shape index (κ1) is 22.3. The standard InChI is InChI=1S/C25H20F4N4O/c1-11-23(32-10-20(31)33-11)16-3-2-14(18-8-25(28,29)24(34)22(16)18)15-4-5-19(27)17-7-13(26)6-12(9-30)21(15)17/h2-3,6-7,10,15,19,24,34H,4-5,8H2,1H3,(H2,31,33)/t15-,19+,24+/m1/s1. The smallest absolute Gasteiger partial charge is 0.281 e. The number of nitrogens with two attached hydrogens (primary N) is 1. The molecule has 0 unspecified atom stereocenters. The van der Waals surface area contributed by atoms with Gasteiger partial charge in [-0.3, -0.25) is 4.98 Å². The number of aliphatic hydroxyl groups excluding tert-OH is 1. The molecule has 0 saturated heterocycles. The Balaban J connectivity index is 1.75. The molecule has 2 aliphatic carbocycles. The molecule has 174 valence electrons. The van der Waals surface area contributed by atoms with Crippen molar-refractivity contribution in [3.63, 3.8) is 0 Å². The van der Waals surface area contributed by atoms with E-state index in [0.717, 1.165) is 12.1 Å². The van der Waals surface area contributed by atoms with Gasteiger partial charge in [0.1, 0.15) is 23.9 Å². The Morgan fingerprint density at radius 2 is 1.94 bits per heavy atom.